The topological polar surface area (TPSA) is 49.7 Å². The zero-order chi connectivity index (χ0) is 28.2. The Kier molecular flexibility index (Phi) is 7.09. The standard InChI is InChI=1S/C29H33F5N2O2S/c1-27(31,29(32,33)34)22-6-9-24-21(17-22)5-10-25-28(24,18-19-3-7-23(30)8-4-19)13-14-36(25)26(37)20-11-15-39(38,35-2)16-12-20/h3-4,6-9,17,20,25H,5,10-16,18H2,1-2H3/t20?,25-,27?,28-,39?/m1/s1. The lowest BCUT2D eigenvalue weighted by molar-refractivity contribution is -0.228. The average molecular weight is 569 g/mol. The van der Waals surface area contributed by atoms with E-state index in [4.69, 9.17) is 0 Å². The number of carbonyl (C=O) groups excluding carboxylic acids is 1. The summed E-state index contributed by atoms with van der Waals surface area (Å²) in [5, 5.41) is 0. The van der Waals surface area contributed by atoms with Gasteiger partial charge in [-0.05, 0) is 79.8 Å². The van der Waals surface area contributed by atoms with Gasteiger partial charge in [0.15, 0.2) is 0 Å². The Labute approximate surface area is 226 Å². The molecule has 1 amide bonds. The Morgan fingerprint density at radius 3 is 2.36 bits per heavy atom. The number of aryl methyl sites for hydroxylation is 1. The van der Waals surface area contributed by atoms with Crippen LogP contribution in [0.3, 0.4) is 0 Å². The third-order valence-electron chi connectivity index (χ3n) is 9.18. The number of likely N-dealkylation sites (tertiary alicyclic amines) is 1. The van der Waals surface area contributed by atoms with E-state index >= 15 is 0 Å². The van der Waals surface area contributed by atoms with Gasteiger partial charge in [-0.25, -0.2) is 17.4 Å². The Bertz CT molecular complexity index is 1370. The first-order chi connectivity index (χ1) is 18.3. The largest absolute Gasteiger partial charge is 0.426 e. The number of benzene rings is 2. The third-order valence-corrected chi connectivity index (χ3v) is 11.6. The number of halogens is 5. The number of fused-ring (bicyclic) bond motifs is 3. The molecule has 2 aromatic carbocycles. The lowest BCUT2D eigenvalue weighted by atomic mass is 9.63. The summed E-state index contributed by atoms with van der Waals surface area (Å²) in [4.78, 5) is 15.7. The molecule has 2 heterocycles. The van der Waals surface area contributed by atoms with Gasteiger partial charge in [-0.15, -0.1) is 0 Å². The molecule has 0 N–H and O–H groups in total. The fourth-order valence-corrected chi connectivity index (χ4v) is 8.69. The number of nitrogens with zero attached hydrogens (tertiary/aromatic N) is 2. The normalized spacial score (nSPS) is 30.3. The van der Waals surface area contributed by atoms with Crippen molar-refractivity contribution < 1.29 is 31.0 Å². The molecule has 212 valence electrons. The quantitative estimate of drug-likeness (QED) is 0.418. The van der Waals surface area contributed by atoms with E-state index in [-0.39, 0.29) is 23.7 Å². The second kappa shape index (κ2) is 9.85. The maximum atomic E-state index is 14.9. The summed E-state index contributed by atoms with van der Waals surface area (Å²) in [6.45, 7) is 1.03. The van der Waals surface area contributed by atoms with Gasteiger partial charge in [-0.3, -0.25) is 4.79 Å². The molecule has 2 aliphatic heterocycles. The number of rotatable bonds is 4. The molecule has 39 heavy (non-hydrogen) atoms. The Morgan fingerprint density at radius 2 is 1.74 bits per heavy atom. The summed E-state index contributed by atoms with van der Waals surface area (Å²) >= 11 is 0. The highest BCUT2D eigenvalue weighted by Gasteiger charge is 2.56. The minimum Gasteiger partial charge on any atom is -0.339 e. The van der Waals surface area contributed by atoms with Crippen LogP contribution in [0.1, 0.15) is 54.9 Å². The summed E-state index contributed by atoms with van der Waals surface area (Å²) < 4.78 is 85.7. The van der Waals surface area contributed by atoms with E-state index in [1.807, 2.05) is 4.90 Å². The van der Waals surface area contributed by atoms with Gasteiger partial charge in [0.1, 0.15) is 5.82 Å². The van der Waals surface area contributed by atoms with Crippen LogP contribution in [0.15, 0.2) is 46.8 Å². The van der Waals surface area contributed by atoms with Crippen molar-refractivity contribution in [3.8, 4) is 0 Å². The van der Waals surface area contributed by atoms with Gasteiger partial charge in [-0.1, -0.05) is 30.3 Å². The zero-order valence-corrected chi connectivity index (χ0v) is 22.9. The van der Waals surface area contributed by atoms with Crippen LogP contribution in [0.4, 0.5) is 22.0 Å². The smallest absolute Gasteiger partial charge is 0.339 e. The molecule has 2 aromatic rings. The highest BCUT2D eigenvalue weighted by atomic mass is 32.2. The number of alkyl halides is 4. The van der Waals surface area contributed by atoms with E-state index in [0.29, 0.717) is 69.1 Å². The molecule has 0 saturated carbocycles. The van der Waals surface area contributed by atoms with Crippen LogP contribution in [-0.4, -0.2) is 52.3 Å². The van der Waals surface area contributed by atoms with Gasteiger partial charge >= 0.3 is 6.18 Å². The fourth-order valence-electron chi connectivity index (χ4n) is 6.82. The van der Waals surface area contributed by atoms with Crippen molar-refractivity contribution in [3.63, 3.8) is 0 Å². The Morgan fingerprint density at radius 1 is 1.08 bits per heavy atom. The first-order valence-corrected chi connectivity index (χ1v) is 15.2. The summed E-state index contributed by atoms with van der Waals surface area (Å²) in [7, 11) is -0.696. The predicted octanol–water partition coefficient (Wildman–Crippen LogP) is 6.11. The fraction of sp³-hybridized carbons (Fsp3) is 0.552. The molecular formula is C29H33F5N2O2S. The molecule has 1 aliphatic carbocycles. The number of amides is 1. The second-order valence-corrected chi connectivity index (χ2v) is 14.0. The van der Waals surface area contributed by atoms with Crippen LogP contribution >= 0.6 is 0 Å². The van der Waals surface area contributed by atoms with Gasteiger partial charge in [0.05, 0.1) is 0 Å². The summed E-state index contributed by atoms with van der Waals surface area (Å²) in [6, 6.07) is 10.1. The maximum Gasteiger partial charge on any atom is 0.426 e. The van der Waals surface area contributed by atoms with Crippen LogP contribution in [-0.2, 0) is 38.4 Å². The molecule has 4 nitrogen and oxygen atoms in total. The zero-order valence-electron chi connectivity index (χ0n) is 22.1. The van der Waals surface area contributed by atoms with Crippen LogP contribution in [0, 0.1) is 11.7 Å². The molecule has 3 aliphatic rings. The van der Waals surface area contributed by atoms with Gasteiger partial charge < -0.3 is 4.90 Å². The first-order valence-electron chi connectivity index (χ1n) is 13.3. The van der Waals surface area contributed by atoms with Crippen molar-refractivity contribution in [2.45, 2.75) is 68.8 Å². The monoisotopic (exact) mass is 568 g/mol. The maximum absolute atomic E-state index is 14.9. The van der Waals surface area contributed by atoms with E-state index in [1.165, 1.54) is 24.3 Å². The highest BCUT2D eigenvalue weighted by molar-refractivity contribution is 7.93. The molecule has 1 unspecified atom stereocenters. The molecule has 0 spiro atoms. The van der Waals surface area contributed by atoms with Crippen molar-refractivity contribution in [1.29, 1.82) is 0 Å². The van der Waals surface area contributed by atoms with E-state index in [2.05, 4.69) is 4.36 Å². The van der Waals surface area contributed by atoms with E-state index in [9.17, 15) is 31.0 Å². The van der Waals surface area contributed by atoms with Crippen LogP contribution in [0.5, 0.6) is 0 Å². The first kappa shape index (κ1) is 28.1. The van der Waals surface area contributed by atoms with Crippen LogP contribution < -0.4 is 0 Å². The molecule has 0 bridgehead atoms. The molecule has 0 aromatic heterocycles. The Hall–Kier alpha value is -2.49. The SMILES string of the molecule is CN=S1(=O)CCC(C(=O)N2CC[C@@]3(Cc4ccc(F)cc4)c4ccc(C(C)(F)C(F)(F)F)cc4CC[C@@H]23)CC1. The van der Waals surface area contributed by atoms with Crippen molar-refractivity contribution in [2.75, 3.05) is 25.1 Å². The van der Waals surface area contributed by atoms with Crippen LogP contribution in [0.2, 0.25) is 0 Å². The van der Waals surface area contributed by atoms with Crippen molar-refractivity contribution in [3.05, 3.63) is 70.5 Å². The van der Waals surface area contributed by atoms with E-state index in [0.717, 1.165) is 11.1 Å². The lowest BCUT2D eigenvalue weighted by Gasteiger charge is -2.44. The second-order valence-electron chi connectivity index (χ2n) is 11.3. The van der Waals surface area contributed by atoms with Gasteiger partial charge in [0.2, 0.25) is 11.6 Å². The number of hydrogen-bond acceptors (Lipinski definition) is 3. The van der Waals surface area contributed by atoms with Crippen LogP contribution in [0.25, 0.3) is 0 Å². The molecule has 2 saturated heterocycles. The van der Waals surface area contributed by atoms with Crippen molar-refractivity contribution in [1.82, 2.24) is 4.90 Å². The number of carbonyl (C=O) groups is 1. The average Bonchev–Trinajstić information content (AvgIpc) is 3.28. The molecule has 2 fully saturated rings. The van der Waals surface area contributed by atoms with Crippen molar-refractivity contribution in [2.24, 2.45) is 10.3 Å². The molecule has 0 radical (unpaired) electrons. The molecule has 5 rings (SSSR count). The summed E-state index contributed by atoms with van der Waals surface area (Å²) in [5.41, 5.74) is -2.15. The van der Waals surface area contributed by atoms with Gasteiger partial charge in [-0.2, -0.15) is 13.2 Å². The lowest BCUT2D eigenvalue weighted by Crippen LogP contribution is -2.51. The highest BCUT2D eigenvalue weighted by Crippen LogP contribution is 2.51. The molecule has 3 atom stereocenters. The third kappa shape index (κ3) is 4.87. The predicted molar refractivity (Wildman–Crippen MR) is 140 cm³/mol. The molecule has 10 heteroatoms. The van der Waals surface area contributed by atoms with Crippen molar-refractivity contribution >= 4 is 15.6 Å². The summed E-state index contributed by atoms with van der Waals surface area (Å²) in [6.07, 6.45) is -2.00. The van der Waals surface area contributed by atoms with E-state index < -0.39 is 32.6 Å². The van der Waals surface area contributed by atoms with Gasteiger partial charge in [0.25, 0.3) is 0 Å². The summed E-state index contributed by atoms with van der Waals surface area (Å²) in [5.74, 6) is 0.197. The Balaban J connectivity index is 1.51. The van der Waals surface area contributed by atoms with E-state index in [1.54, 1.807) is 25.2 Å². The minimum absolute atomic E-state index is 0.0204. The minimum atomic E-state index is -5.05. The molecular weight excluding hydrogens is 535 g/mol. The van der Waals surface area contributed by atoms with Gasteiger partial charge in [0, 0.05) is 52.2 Å². The number of hydrogen-bond donors (Lipinski definition) is 0.